The SMILES string of the molecule is N.N.N.N.O=P([O-])([O-])OP(=O)([O-])[O-].[Pt+2].[Pt+2]. The quantitative estimate of drug-likeness (QED) is 0.227. The summed E-state index contributed by atoms with van der Waals surface area (Å²) in [7, 11) is -11.4. The molecule has 0 atom stereocenters. The zero-order valence-corrected chi connectivity index (χ0v) is 13.5. The first kappa shape index (κ1) is 43.9. The third-order valence-electron chi connectivity index (χ3n) is 0.200. The van der Waals surface area contributed by atoms with Crippen LogP contribution in [0.15, 0.2) is 0 Å². The van der Waals surface area contributed by atoms with E-state index in [0.717, 1.165) is 0 Å². The van der Waals surface area contributed by atoms with Gasteiger partial charge in [0.15, 0.2) is 0 Å². The second kappa shape index (κ2) is 15.5. The van der Waals surface area contributed by atoms with Crippen molar-refractivity contribution in [3.05, 3.63) is 0 Å². The van der Waals surface area contributed by atoms with Crippen LogP contribution in [0.4, 0.5) is 0 Å². The average Bonchev–Trinajstić information content (AvgIpc) is 1.14. The summed E-state index contributed by atoms with van der Waals surface area (Å²) in [5, 5.41) is 0. The molecule has 0 saturated heterocycles. The van der Waals surface area contributed by atoms with Gasteiger partial charge in [-0.3, -0.25) is 0 Å². The van der Waals surface area contributed by atoms with Gasteiger partial charge in [-0.1, -0.05) is 0 Å². The molecular weight excluding hydrogens is 620 g/mol. The smallest absolute Gasteiger partial charge is 0.790 e. The molecule has 0 aromatic carbocycles. The maximum atomic E-state index is 9.32. The first-order valence-electron chi connectivity index (χ1n) is 1.46. The summed E-state index contributed by atoms with van der Waals surface area (Å²) < 4.78 is 21.2. The molecular formula is H12N4O7P2Pt2. The van der Waals surface area contributed by atoms with Crippen molar-refractivity contribution in [3.63, 3.8) is 0 Å². The second-order valence-electron chi connectivity index (χ2n) is 0.976. The van der Waals surface area contributed by atoms with E-state index in [2.05, 4.69) is 4.31 Å². The summed E-state index contributed by atoms with van der Waals surface area (Å²) in [4.78, 5) is 37.3. The molecule has 0 aliphatic carbocycles. The average molecular weight is 632 g/mol. The van der Waals surface area contributed by atoms with Crippen molar-refractivity contribution >= 4 is 15.6 Å². The Morgan fingerprint density at radius 1 is 0.667 bits per heavy atom. The minimum absolute atomic E-state index is 0. The summed E-state index contributed by atoms with van der Waals surface area (Å²) in [6, 6.07) is 0. The van der Waals surface area contributed by atoms with Gasteiger partial charge in [0.1, 0.15) is 0 Å². The number of hydrogen-bond acceptors (Lipinski definition) is 11. The molecule has 0 spiro atoms. The Bertz CT molecular complexity index is 167. The summed E-state index contributed by atoms with van der Waals surface area (Å²) in [6.45, 7) is 0. The van der Waals surface area contributed by atoms with Gasteiger partial charge in [-0.05, 0) is 0 Å². The van der Waals surface area contributed by atoms with Crippen LogP contribution in [-0.2, 0) is 55.6 Å². The molecule has 104 valence electrons. The maximum absolute atomic E-state index is 9.32. The first-order chi connectivity index (χ1) is 3.71. The van der Waals surface area contributed by atoms with Crippen molar-refractivity contribution < 1.29 is 75.1 Å². The molecule has 0 radical (unpaired) electrons. The first-order valence-corrected chi connectivity index (χ1v) is 4.38. The van der Waals surface area contributed by atoms with Crippen molar-refractivity contribution in [2.45, 2.75) is 0 Å². The van der Waals surface area contributed by atoms with Crippen LogP contribution in [0.2, 0.25) is 0 Å². The zero-order chi connectivity index (χ0) is 7.71. The Morgan fingerprint density at radius 3 is 0.800 bits per heavy atom. The van der Waals surface area contributed by atoms with E-state index in [1.54, 1.807) is 0 Å². The van der Waals surface area contributed by atoms with E-state index >= 15 is 0 Å². The van der Waals surface area contributed by atoms with Crippen LogP contribution in [0, 0.1) is 0 Å². The number of rotatable bonds is 2. The van der Waals surface area contributed by atoms with Gasteiger partial charge in [-0.15, -0.1) is 0 Å². The standard InChI is InChI=1S/4H3N.H4O7P2.2Pt/c;;;;1-8(2,3)7-9(4,5)6;;/h4*1H3;(H2,1,2,3)(H2,4,5,6);;/q;;;;;2*+2/p-4. The van der Waals surface area contributed by atoms with Crippen LogP contribution in [-0.4, -0.2) is 0 Å². The minimum atomic E-state index is -5.68. The van der Waals surface area contributed by atoms with Crippen LogP contribution in [0.25, 0.3) is 0 Å². The normalized spacial score (nSPS) is 8.27. The Labute approximate surface area is 115 Å². The number of phosphoric acid groups is 2. The van der Waals surface area contributed by atoms with Gasteiger partial charge < -0.3 is 57.6 Å². The Balaban J connectivity index is -0.0000000213. The Kier molecular flexibility index (Phi) is 45.3. The molecule has 0 aliphatic rings. The third-order valence-corrected chi connectivity index (χ3v) is 1.80. The van der Waals surface area contributed by atoms with Gasteiger partial charge in [-0.25, -0.2) is 0 Å². The molecule has 0 heterocycles. The van der Waals surface area contributed by atoms with Crippen LogP contribution < -0.4 is 44.2 Å². The molecule has 0 amide bonds. The topological polar surface area (TPSA) is 276 Å². The minimum Gasteiger partial charge on any atom is -0.790 e. The van der Waals surface area contributed by atoms with Gasteiger partial charge in [0.25, 0.3) is 0 Å². The van der Waals surface area contributed by atoms with Crippen molar-refractivity contribution in [1.82, 2.24) is 24.6 Å². The molecule has 0 saturated carbocycles. The molecule has 0 aromatic rings. The van der Waals surface area contributed by atoms with E-state index in [4.69, 9.17) is 0 Å². The van der Waals surface area contributed by atoms with Crippen molar-refractivity contribution in [2.75, 3.05) is 0 Å². The monoisotopic (exact) mass is 632 g/mol. The largest absolute Gasteiger partial charge is 2.00 e. The fraction of sp³-hybridized carbons (Fsp3) is 0. The van der Waals surface area contributed by atoms with E-state index in [0.29, 0.717) is 0 Å². The van der Waals surface area contributed by atoms with Crippen LogP contribution in [0.5, 0.6) is 0 Å². The van der Waals surface area contributed by atoms with E-state index in [1.165, 1.54) is 0 Å². The second-order valence-corrected chi connectivity index (χ2v) is 3.42. The summed E-state index contributed by atoms with van der Waals surface area (Å²) in [5.41, 5.74) is 0. The zero-order valence-electron chi connectivity index (χ0n) is 7.21. The molecule has 0 fully saturated rings. The van der Waals surface area contributed by atoms with E-state index in [1.807, 2.05) is 0 Å². The Morgan fingerprint density at radius 2 is 0.800 bits per heavy atom. The third kappa shape index (κ3) is 50.3. The summed E-state index contributed by atoms with van der Waals surface area (Å²) in [6.07, 6.45) is 0. The molecule has 15 heavy (non-hydrogen) atoms. The van der Waals surface area contributed by atoms with E-state index in [-0.39, 0.29) is 66.7 Å². The molecule has 0 unspecified atom stereocenters. The van der Waals surface area contributed by atoms with Crippen LogP contribution in [0.1, 0.15) is 0 Å². The van der Waals surface area contributed by atoms with Crippen LogP contribution in [0.3, 0.4) is 0 Å². The molecule has 11 nitrogen and oxygen atoms in total. The van der Waals surface area contributed by atoms with Gasteiger partial charge in [0.2, 0.25) is 0 Å². The predicted octanol–water partition coefficient (Wildman–Crippen LogP) is -2.70. The van der Waals surface area contributed by atoms with Gasteiger partial charge >= 0.3 is 42.1 Å². The van der Waals surface area contributed by atoms with Gasteiger partial charge in [0.05, 0.1) is 15.6 Å². The maximum Gasteiger partial charge on any atom is 2.00 e. The van der Waals surface area contributed by atoms with Crippen molar-refractivity contribution in [1.29, 1.82) is 0 Å². The Hall–Kier alpha value is 1.48. The van der Waals surface area contributed by atoms with Crippen LogP contribution >= 0.6 is 15.6 Å². The summed E-state index contributed by atoms with van der Waals surface area (Å²) >= 11 is 0. The fourth-order valence-corrected chi connectivity index (χ4v) is 1.10. The van der Waals surface area contributed by atoms with E-state index in [9.17, 15) is 28.7 Å². The molecule has 0 aliphatic heterocycles. The predicted molar refractivity (Wildman–Crippen MR) is 36.4 cm³/mol. The van der Waals surface area contributed by atoms with Gasteiger partial charge in [0, 0.05) is 0 Å². The fourth-order valence-electron chi connectivity index (χ4n) is 0.122. The van der Waals surface area contributed by atoms with E-state index < -0.39 is 15.6 Å². The number of hydrogen-bond donors (Lipinski definition) is 4. The molecule has 15 heteroatoms. The molecule has 0 aromatic heterocycles. The van der Waals surface area contributed by atoms with Crippen molar-refractivity contribution in [3.8, 4) is 0 Å². The molecule has 12 N–H and O–H groups in total. The molecule has 0 bridgehead atoms. The molecule has 0 rings (SSSR count). The summed E-state index contributed by atoms with van der Waals surface area (Å²) in [5.74, 6) is 0. The van der Waals surface area contributed by atoms with Crippen molar-refractivity contribution in [2.24, 2.45) is 0 Å². The van der Waals surface area contributed by atoms with Gasteiger partial charge in [-0.2, -0.15) is 0 Å².